The summed E-state index contributed by atoms with van der Waals surface area (Å²) in [6, 6.07) is 6.37. The van der Waals surface area contributed by atoms with Crippen molar-refractivity contribution in [2.45, 2.75) is 70.9 Å². The van der Waals surface area contributed by atoms with Crippen molar-refractivity contribution in [2.75, 3.05) is 20.3 Å². The highest BCUT2D eigenvalue weighted by Gasteiger charge is 2.42. The summed E-state index contributed by atoms with van der Waals surface area (Å²) in [5.41, 5.74) is -1.04. The Morgan fingerprint density at radius 3 is 2.47 bits per heavy atom. The lowest BCUT2D eigenvalue weighted by Gasteiger charge is -2.32. The lowest BCUT2D eigenvalue weighted by molar-refractivity contribution is -0.151. The quantitative estimate of drug-likeness (QED) is 0.382. The fraction of sp³-hybridized carbons (Fsp3) is 0.615. The molecule has 0 aliphatic carbocycles. The SMILES string of the molecule is COC(=O)C(C)(CC1CCNC1=O)NC(=O)[C@H](CC(C)C)NC(=O)OCC(C)(C)c1cccc(Cl)c1. The Kier molecular flexibility index (Phi) is 10.2. The van der Waals surface area contributed by atoms with E-state index >= 15 is 0 Å². The van der Waals surface area contributed by atoms with Gasteiger partial charge >= 0.3 is 12.1 Å². The van der Waals surface area contributed by atoms with Gasteiger partial charge in [0.05, 0.1) is 7.11 Å². The van der Waals surface area contributed by atoms with E-state index < -0.39 is 40.9 Å². The van der Waals surface area contributed by atoms with Gasteiger partial charge in [-0.3, -0.25) is 9.59 Å². The number of ether oxygens (including phenoxy) is 2. The summed E-state index contributed by atoms with van der Waals surface area (Å²) < 4.78 is 10.4. The minimum Gasteiger partial charge on any atom is -0.467 e. The summed E-state index contributed by atoms with van der Waals surface area (Å²) in [6.07, 6.45) is 0.216. The van der Waals surface area contributed by atoms with Gasteiger partial charge < -0.3 is 25.4 Å². The molecule has 1 heterocycles. The summed E-state index contributed by atoms with van der Waals surface area (Å²) in [7, 11) is 1.23. The topological polar surface area (TPSA) is 123 Å². The predicted molar refractivity (Wildman–Crippen MR) is 137 cm³/mol. The minimum absolute atomic E-state index is 0.0614. The Balaban J connectivity index is 2.09. The van der Waals surface area contributed by atoms with Crippen LogP contribution in [0.25, 0.3) is 0 Å². The number of amides is 3. The average molecular weight is 524 g/mol. The highest BCUT2D eigenvalue weighted by molar-refractivity contribution is 6.30. The molecule has 0 saturated carbocycles. The highest BCUT2D eigenvalue weighted by Crippen LogP contribution is 2.26. The summed E-state index contributed by atoms with van der Waals surface area (Å²) in [6.45, 7) is 9.78. The Morgan fingerprint density at radius 2 is 1.92 bits per heavy atom. The summed E-state index contributed by atoms with van der Waals surface area (Å²) >= 11 is 6.09. The maximum absolute atomic E-state index is 13.3. The van der Waals surface area contributed by atoms with Crippen LogP contribution in [-0.2, 0) is 29.3 Å². The van der Waals surface area contributed by atoms with Crippen LogP contribution in [0.3, 0.4) is 0 Å². The normalized spacial score (nSPS) is 18.1. The van der Waals surface area contributed by atoms with Gasteiger partial charge in [0.2, 0.25) is 11.8 Å². The van der Waals surface area contributed by atoms with Crippen molar-refractivity contribution in [3.63, 3.8) is 0 Å². The third kappa shape index (κ3) is 8.11. The molecule has 36 heavy (non-hydrogen) atoms. The van der Waals surface area contributed by atoms with E-state index in [1.54, 1.807) is 6.07 Å². The summed E-state index contributed by atoms with van der Waals surface area (Å²) in [4.78, 5) is 50.6. The molecule has 1 aromatic rings. The van der Waals surface area contributed by atoms with Crippen molar-refractivity contribution in [3.05, 3.63) is 34.9 Å². The van der Waals surface area contributed by atoms with Gasteiger partial charge in [0.1, 0.15) is 18.2 Å². The largest absolute Gasteiger partial charge is 0.467 e. The molecule has 1 fully saturated rings. The van der Waals surface area contributed by atoms with Crippen LogP contribution in [0.5, 0.6) is 0 Å². The van der Waals surface area contributed by atoms with E-state index in [0.717, 1.165) is 5.56 Å². The molecule has 0 aromatic heterocycles. The molecule has 9 nitrogen and oxygen atoms in total. The van der Waals surface area contributed by atoms with Gasteiger partial charge in [-0.1, -0.05) is 51.4 Å². The zero-order valence-corrected chi connectivity index (χ0v) is 22.7. The van der Waals surface area contributed by atoms with Crippen LogP contribution >= 0.6 is 11.6 Å². The van der Waals surface area contributed by atoms with E-state index in [2.05, 4.69) is 16.0 Å². The van der Waals surface area contributed by atoms with Crippen LogP contribution in [0.15, 0.2) is 24.3 Å². The molecule has 1 saturated heterocycles. The Morgan fingerprint density at radius 1 is 1.22 bits per heavy atom. The van der Waals surface area contributed by atoms with Gasteiger partial charge in [-0.2, -0.15) is 0 Å². The molecular formula is C26H38ClN3O6. The number of esters is 1. The Labute approximate surface area is 218 Å². The Bertz CT molecular complexity index is 967. The number of alkyl carbamates (subject to hydrolysis) is 1. The number of methoxy groups -OCH3 is 1. The molecule has 0 radical (unpaired) electrons. The minimum atomic E-state index is -1.44. The summed E-state index contributed by atoms with van der Waals surface area (Å²) in [5.74, 6) is -1.74. The van der Waals surface area contributed by atoms with Crippen molar-refractivity contribution in [2.24, 2.45) is 11.8 Å². The van der Waals surface area contributed by atoms with Crippen molar-refractivity contribution >= 4 is 35.5 Å². The first kappa shape index (κ1) is 29.4. The van der Waals surface area contributed by atoms with Crippen LogP contribution in [-0.4, -0.2) is 55.7 Å². The van der Waals surface area contributed by atoms with E-state index in [1.165, 1.54) is 14.0 Å². The first-order valence-electron chi connectivity index (χ1n) is 12.1. The summed E-state index contributed by atoms with van der Waals surface area (Å²) in [5, 5.41) is 8.68. The molecule has 1 aliphatic rings. The maximum atomic E-state index is 13.3. The van der Waals surface area contributed by atoms with Gasteiger partial charge in [-0.05, 0) is 49.8 Å². The molecule has 3 atom stereocenters. The van der Waals surface area contributed by atoms with Crippen LogP contribution < -0.4 is 16.0 Å². The van der Waals surface area contributed by atoms with E-state index in [4.69, 9.17) is 21.1 Å². The number of nitrogens with one attached hydrogen (secondary N) is 3. The molecular weight excluding hydrogens is 486 g/mol. The predicted octanol–water partition coefficient (Wildman–Crippen LogP) is 3.33. The molecule has 0 bridgehead atoms. The Hall–Kier alpha value is -2.81. The van der Waals surface area contributed by atoms with Gasteiger partial charge in [0.25, 0.3) is 0 Å². The van der Waals surface area contributed by atoms with Crippen molar-refractivity contribution < 1.29 is 28.7 Å². The van der Waals surface area contributed by atoms with Gasteiger partial charge in [-0.15, -0.1) is 0 Å². The third-order valence-electron chi connectivity index (χ3n) is 6.34. The molecule has 2 unspecified atom stereocenters. The second-order valence-electron chi connectivity index (χ2n) is 10.6. The molecule has 2 rings (SSSR count). The smallest absolute Gasteiger partial charge is 0.407 e. The van der Waals surface area contributed by atoms with Crippen LogP contribution in [0.4, 0.5) is 4.79 Å². The lowest BCUT2D eigenvalue weighted by Crippen LogP contribution is -2.59. The fourth-order valence-corrected chi connectivity index (χ4v) is 4.42. The van der Waals surface area contributed by atoms with E-state index in [0.29, 0.717) is 24.4 Å². The maximum Gasteiger partial charge on any atom is 0.407 e. The molecule has 3 amide bonds. The zero-order chi connectivity index (χ0) is 27.1. The number of carbonyl (C=O) groups is 4. The monoisotopic (exact) mass is 523 g/mol. The molecule has 10 heteroatoms. The molecule has 3 N–H and O–H groups in total. The molecule has 0 spiro atoms. The molecule has 1 aromatic carbocycles. The van der Waals surface area contributed by atoms with Crippen LogP contribution in [0, 0.1) is 11.8 Å². The highest BCUT2D eigenvalue weighted by atomic mass is 35.5. The van der Waals surface area contributed by atoms with Crippen molar-refractivity contribution in [1.82, 2.24) is 16.0 Å². The molecule has 1 aliphatic heterocycles. The zero-order valence-electron chi connectivity index (χ0n) is 21.9. The van der Waals surface area contributed by atoms with Crippen LogP contribution in [0.1, 0.15) is 59.4 Å². The third-order valence-corrected chi connectivity index (χ3v) is 6.57. The van der Waals surface area contributed by atoms with Gasteiger partial charge in [-0.25, -0.2) is 9.59 Å². The number of carbonyl (C=O) groups excluding carboxylic acids is 4. The lowest BCUT2D eigenvalue weighted by atomic mass is 9.86. The van der Waals surface area contributed by atoms with Gasteiger partial charge in [0.15, 0.2) is 0 Å². The van der Waals surface area contributed by atoms with E-state index in [1.807, 2.05) is 45.9 Å². The van der Waals surface area contributed by atoms with E-state index in [-0.39, 0.29) is 24.9 Å². The first-order chi connectivity index (χ1) is 16.8. The van der Waals surface area contributed by atoms with Crippen molar-refractivity contribution in [1.29, 1.82) is 0 Å². The molecule has 200 valence electrons. The standard InChI is InChI=1S/C26H38ClN3O6/c1-16(2)12-20(29-24(34)36-15-25(3,4)18-8-7-9-19(27)13-18)22(32)30-26(5,23(33)35-6)14-17-10-11-28-21(17)31/h7-9,13,16-17,20H,10-12,14-15H2,1-6H3,(H,28,31)(H,29,34)(H,30,32)/t17?,20-,26?/m0/s1. The van der Waals surface area contributed by atoms with E-state index in [9.17, 15) is 19.2 Å². The first-order valence-corrected chi connectivity index (χ1v) is 12.5. The van der Waals surface area contributed by atoms with Crippen LogP contribution in [0.2, 0.25) is 5.02 Å². The average Bonchev–Trinajstić information content (AvgIpc) is 3.20. The number of hydrogen-bond acceptors (Lipinski definition) is 6. The number of benzene rings is 1. The van der Waals surface area contributed by atoms with Gasteiger partial charge in [0, 0.05) is 22.9 Å². The number of rotatable bonds is 11. The second kappa shape index (κ2) is 12.4. The fourth-order valence-electron chi connectivity index (χ4n) is 4.23. The van der Waals surface area contributed by atoms with Crippen molar-refractivity contribution in [3.8, 4) is 0 Å². The number of halogens is 1. The number of hydrogen-bond donors (Lipinski definition) is 3. The second-order valence-corrected chi connectivity index (χ2v) is 11.0.